The van der Waals surface area contributed by atoms with Crippen LogP contribution in [0.4, 0.5) is 10.1 Å². The third-order valence-electron chi connectivity index (χ3n) is 4.66. The average Bonchev–Trinajstić information content (AvgIpc) is 3.23. The van der Waals surface area contributed by atoms with Gasteiger partial charge in [-0.2, -0.15) is 5.10 Å². The molecule has 0 N–H and O–H groups in total. The van der Waals surface area contributed by atoms with Crippen LogP contribution < -0.4 is 0 Å². The van der Waals surface area contributed by atoms with Crippen LogP contribution in [-0.4, -0.2) is 20.5 Å². The number of aromatic nitrogens is 2. The van der Waals surface area contributed by atoms with Gasteiger partial charge in [-0.3, -0.25) is 14.9 Å². The van der Waals surface area contributed by atoms with Crippen LogP contribution in [0.3, 0.4) is 0 Å². The summed E-state index contributed by atoms with van der Waals surface area (Å²) in [6.07, 6.45) is 4.81. The number of rotatable bonds is 6. The number of non-ortho nitro benzene ring substituents is 1. The van der Waals surface area contributed by atoms with Gasteiger partial charge in [-0.25, -0.2) is 9.07 Å². The van der Waals surface area contributed by atoms with Crippen LogP contribution in [0.1, 0.15) is 15.9 Å². The number of para-hydroxylation sites is 1. The maximum Gasteiger partial charge on any atom is 0.269 e. The lowest BCUT2D eigenvalue weighted by atomic mass is 10.1. The highest BCUT2D eigenvalue weighted by Gasteiger charge is 2.12. The average molecular weight is 413 g/mol. The molecule has 0 bridgehead atoms. The molecule has 7 heteroatoms. The molecule has 31 heavy (non-hydrogen) atoms. The van der Waals surface area contributed by atoms with Gasteiger partial charge in [0.25, 0.3) is 5.69 Å². The molecule has 0 saturated heterocycles. The lowest BCUT2D eigenvalue weighted by Crippen LogP contribution is -1.95. The van der Waals surface area contributed by atoms with Crippen molar-refractivity contribution in [3.8, 4) is 16.9 Å². The van der Waals surface area contributed by atoms with Crippen LogP contribution in [0.25, 0.3) is 23.0 Å². The highest BCUT2D eigenvalue weighted by Crippen LogP contribution is 2.25. The van der Waals surface area contributed by atoms with E-state index in [9.17, 15) is 19.3 Å². The fourth-order valence-corrected chi connectivity index (χ4v) is 3.06. The number of carbonyl (C=O) groups excluding carboxylic acids is 1. The number of nitrogens with zero attached hydrogens (tertiary/aromatic N) is 3. The normalized spacial score (nSPS) is 11.0. The lowest BCUT2D eigenvalue weighted by Gasteiger charge is -2.00. The van der Waals surface area contributed by atoms with Gasteiger partial charge in [0, 0.05) is 35.0 Å². The number of ketones is 1. The third-order valence-corrected chi connectivity index (χ3v) is 4.66. The number of nitro benzene ring substituents is 1. The van der Waals surface area contributed by atoms with Crippen molar-refractivity contribution in [3.05, 3.63) is 118 Å². The van der Waals surface area contributed by atoms with E-state index in [4.69, 9.17) is 0 Å². The molecule has 0 radical (unpaired) electrons. The predicted molar refractivity (Wildman–Crippen MR) is 115 cm³/mol. The minimum atomic E-state index is -0.517. The van der Waals surface area contributed by atoms with E-state index in [1.165, 1.54) is 42.5 Å². The zero-order chi connectivity index (χ0) is 21.8. The molecule has 152 valence electrons. The van der Waals surface area contributed by atoms with Gasteiger partial charge in [-0.15, -0.1) is 0 Å². The molecular formula is C24H16FN3O3. The van der Waals surface area contributed by atoms with Crippen molar-refractivity contribution in [1.29, 1.82) is 0 Å². The van der Waals surface area contributed by atoms with Gasteiger partial charge in [-0.05, 0) is 60.7 Å². The van der Waals surface area contributed by atoms with Crippen LogP contribution >= 0.6 is 0 Å². The Morgan fingerprint density at radius 2 is 1.65 bits per heavy atom. The van der Waals surface area contributed by atoms with E-state index in [0.29, 0.717) is 22.4 Å². The van der Waals surface area contributed by atoms with E-state index in [1.54, 1.807) is 29.1 Å². The fourth-order valence-electron chi connectivity index (χ4n) is 3.06. The quantitative estimate of drug-likeness (QED) is 0.181. The van der Waals surface area contributed by atoms with Crippen molar-refractivity contribution in [2.24, 2.45) is 0 Å². The first-order valence-corrected chi connectivity index (χ1v) is 9.39. The molecule has 3 aromatic carbocycles. The molecule has 0 aliphatic rings. The van der Waals surface area contributed by atoms with Crippen LogP contribution in [0, 0.1) is 15.9 Å². The molecule has 0 unspecified atom stereocenters. The second kappa shape index (κ2) is 8.54. The number of carbonyl (C=O) groups is 1. The highest BCUT2D eigenvalue weighted by molar-refractivity contribution is 6.07. The van der Waals surface area contributed by atoms with Crippen LogP contribution in [-0.2, 0) is 0 Å². The Morgan fingerprint density at radius 3 is 2.29 bits per heavy atom. The molecule has 0 aliphatic heterocycles. The van der Waals surface area contributed by atoms with Crippen LogP contribution in [0.15, 0.2) is 91.1 Å². The minimum absolute atomic E-state index is 0.0803. The second-order valence-corrected chi connectivity index (χ2v) is 6.72. The first kappa shape index (κ1) is 19.9. The summed E-state index contributed by atoms with van der Waals surface area (Å²) in [5.41, 5.74) is 3.07. The summed E-state index contributed by atoms with van der Waals surface area (Å²) in [4.78, 5) is 22.8. The second-order valence-electron chi connectivity index (χ2n) is 6.72. The van der Waals surface area contributed by atoms with Crippen molar-refractivity contribution in [2.75, 3.05) is 0 Å². The smallest absolute Gasteiger partial charge is 0.269 e. The van der Waals surface area contributed by atoms with E-state index in [2.05, 4.69) is 5.10 Å². The van der Waals surface area contributed by atoms with Crippen molar-refractivity contribution in [3.63, 3.8) is 0 Å². The Bertz CT molecular complexity index is 1260. The number of nitro groups is 1. The summed E-state index contributed by atoms with van der Waals surface area (Å²) in [5.74, 6) is -0.649. The summed E-state index contributed by atoms with van der Waals surface area (Å²) in [5, 5.41) is 15.4. The van der Waals surface area contributed by atoms with E-state index in [0.717, 1.165) is 5.69 Å². The Balaban J connectivity index is 1.69. The summed E-state index contributed by atoms with van der Waals surface area (Å²) in [6.45, 7) is 0. The Hall–Kier alpha value is -4.39. The Kier molecular flexibility index (Phi) is 5.49. The zero-order valence-corrected chi connectivity index (χ0v) is 16.2. The topological polar surface area (TPSA) is 78.0 Å². The minimum Gasteiger partial charge on any atom is -0.289 e. The fraction of sp³-hybridized carbons (Fsp3) is 0. The van der Waals surface area contributed by atoms with Crippen molar-refractivity contribution >= 4 is 17.5 Å². The van der Waals surface area contributed by atoms with Gasteiger partial charge in [0.2, 0.25) is 0 Å². The van der Waals surface area contributed by atoms with Gasteiger partial charge in [0.05, 0.1) is 16.3 Å². The van der Waals surface area contributed by atoms with Gasteiger partial charge in [-0.1, -0.05) is 18.2 Å². The van der Waals surface area contributed by atoms with E-state index in [1.807, 2.05) is 30.3 Å². The largest absolute Gasteiger partial charge is 0.289 e. The first-order valence-electron chi connectivity index (χ1n) is 9.39. The summed E-state index contributed by atoms with van der Waals surface area (Å²) < 4.78 is 15.1. The molecule has 0 spiro atoms. The van der Waals surface area contributed by atoms with Crippen molar-refractivity contribution in [1.82, 2.24) is 9.78 Å². The van der Waals surface area contributed by atoms with E-state index >= 15 is 0 Å². The summed E-state index contributed by atoms with van der Waals surface area (Å²) in [6, 6.07) is 20.9. The molecule has 0 saturated carbocycles. The molecule has 1 heterocycles. The van der Waals surface area contributed by atoms with Crippen molar-refractivity contribution in [2.45, 2.75) is 0 Å². The molecule has 0 amide bonds. The molecule has 6 nitrogen and oxygen atoms in total. The number of allylic oxidation sites excluding steroid dienone is 1. The highest BCUT2D eigenvalue weighted by atomic mass is 19.1. The Morgan fingerprint density at radius 1 is 0.968 bits per heavy atom. The van der Waals surface area contributed by atoms with E-state index < -0.39 is 4.92 Å². The van der Waals surface area contributed by atoms with Crippen molar-refractivity contribution < 1.29 is 14.1 Å². The van der Waals surface area contributed by atoms with Gasteiger partial charge < -0.3 is 0 Å². The van der Waals surface area contributed by atoms with Gasteiger partial charge in [0.1, 0.15) is 5.82 Å². The third kappa shape index (κ3) is 4.45. The maximum atomic E-state index is 13.4. The van der Waals surface area contributed by atoms with Gasteiger partial charge >= 0.3 is 0 Å². The Labute approximate surface area is 177 Å². The standard InChI is InChI=1S/C24H16FN3O3/c25-20-11-6-18(7-12-20)24-19(16-27(26-24)21-4-2-1-3-5-21)10-15-23(29)17-8-13-22(14-9-17)28(30)31/h1-16H/b15-10+. The van der Waals surface area contributed by atoms with E-state index in [-0.39, 0.29) is 17.3 Å². The molecule has 0 aliphatic carbocycles. The molecule has 0 fully saturated rings. The van der Waals surface area contributed by atoms with Crippen LogP contribution in [0.2, 0.25) is 0 Å². The number of hydrogen-bond acceptors (Lipinski definition) is 4. The zero-order valence-electron chi connectivity index (χ0n) is 16.2. The number of halogens is 1. The molecule has 1 aromatic heterocycles. The number of hydrogen-bond donors (Lipinski definition) is 0. The van der Waals surface area contributed by atoms with Crippen LogP contribution in [0.5, 0.6) is 0 Å². The monoisotopic (exact) mass is 413 g/mol. The predicted octanol–water partition coefficient (Wildman–Crippen LogP) is 5.48. The molecular weight excluding hydrogens is 397 g/mol. The maximum absolute atomic E-state index is 13.4. The number of benzene rings is 3. The van der Waals surface area contributed by atoms with Gasteiger partial charge in [0.15, 0.2) is 5.78 Å². The summed E-state index contributed by atoms with van der Waals surface area (Å²) in [7, 11) is 0. The summed E-state index contributed by atoms with van der Waals surface area (Å²) >= 11 is 0. The molecule has 4 rings (SSSR count). The molecule has 0 atom stereocenters. The molecule has 4 aromatic rings. The lowest BCUT2D eigenvalue weighted by molar-refractivity contribution is -0.384. The first-order chi connectivity index (χ1) is 15.0. The SMILES string of the molecule is O=C(/C=C/c1cn(-c2ccccc2)nc1-c1ccc(F)cc1)c1ccc([N+](=O)[O-])cc1.